The van der Waals surface area contributed by atoms with Gasteiger partial charge in [0.05, 0.1) is 22.4 Å². The van der Waals surface area contributed by atoms with Crippen LogP contribution in [-0.4, -0.2) is 4.57 Å². The Balaban J connectivity index is 1.16. The molecule has 1 unspecified atom stereocenters. The highest BCUT2D eigenvalue weighted by atomic mass is 16.3. The number of aromatic nitrogens is 1. The molecule has 1 atom stereocenters. The second-order valence-electron chi connectivity index (χ2n) is 13.4. The van der Waals surface area contributed by atoms with Crippen LogP contribution in [0.2, 0.25) is 0 Å². The Hall–Kier alpha value is -6.78. The van der Waals surface area contributed by atoms with E-state index in [0.29, 0.717) is 0 Å². The van der Waals surface area contributed by atoms with Crippen molar-refractivity contribution in [1.82, 2.24) is 4.57 Å². The summed E-state index contributed by atoms with van der Waals surface area (Å²) < 4.78 is 8.87. The molecule has 2 aromatic heterocycles. The first-order chi connectivity index (χ1) is 25.3. The fourth-order valence-electron chi connectivity index (χ4n) is 8.28. The zero-order chi connectivity index (χ0) is 33.5. The van der Waals surface area contributed by atoms with Gasteiger partial charge in [-0.2, -0.15) is 0 Å². The molecule has 0 aliphatic carbocycles. The fourth-order valence-corrected chi connectivity index (χ4v) is 8.28. The van der Waals surface area contributed by atoms with Gasteiger partial charge in [-0.15, -0.1) is 0 Å². The number of nitrogens with zero attached hydrogens (tertiary/aromatic N) is 2. The van der Waals surface area contributed by atoms with Crippen LogP contribution in [0.25, 0.3) is 71.3 Å². The van der Waals surface area contributed by atoms with Crippen molar-refractivity contribution in [2.24, 2.45) is 0 Å². The molecule has 0 radical (unpaired) electrons. The fraction of sp³-hybridized carbons (Fsp3) is 0.0213. The molecule has 0 fully saturated rings. The van der Waals surface area contributed by atoms with E-state index in [1.807, 2.05) is 6.07 Å². The highest BCUT2D eigenvalue weighted by molar-refractivity contribution is 6.20. The number of hydrogen-bond donors (Lipinski definition) is 1. The minimum atomic E-state index is -0.0237. The van der Waals surface area contributed by atoms with Crippen molar-refractivity contribution < 1.29 is 4.42 Å². The number of fused-ring (bicyclic) bond motifs is 9. The quantitative estimate of drug-likeness (QED) is 0.205. The standard InChI is InChI=1S/C47H31N3O/c1-3-13-30(14-4-1)47-48-41-20-10-11-21-42(41)50(47)33-24-26-36-35-25-23-31(27-43(35)49(44(36)28-33)32-15-5-2-6-16-32)39-29-40-37-18-9-12-22-45(37)51-46(40)38-19-8-7-17-34(38)39/h1-29,47-48H. The Morgan fingerprint density at radius 3 is 1.98 bits per heavy atom. The molecule has 51 heavy (non-hydrogen) atoms. The number of nitrogens with one attached hydrogen (secondary N) is 1. The molecular weight excluding hydrogens is 623 g/mol. The summed E-state index contributed by atoms with van der Waals surface area (Å²) in [4.78, 5) is 2.43. The van der Waals surface area contributed by atoms with Crippen molar-refractivity contribution in [3.05, 3.63) is 181 Å². The highest BCUT2D eigenvalue weighted by Gasteiger charge is 2.31. The van der Waals surface area contributed by atoms with E-state index < -0.39 is 0 Å². The first kappa shape index (κ1) is 28.1. The molecule has 8 aromatic carbocycles. The van der Waals surface area contributed by atoms with Gasteiger partial charge in [-0.3, -0.25) is 0 Å². The van der Waals surface area contributed by atoms with E-state index in [2.05, 4.69) is 185 Å². The van der Waals surface area contributed by atoms with E-state index in [4.69, 9.17) is 4.42 Å². The molecule has 1 N–H and O–H groups in total. The van der Waals surface area contributed by atoms with Crippen LogP contribution in [0.3, 0.4) is 0 Å². The predicted molar refractivity (Wildman–Crippen MR) is 212 cm³/mol. The van der Waals surface area contributed by atoms with Gasteiger partial charge in [0.2, 0.25) is 0 Å². The molecule has 0 amide bonds. The van der Waals surface area contributed by atoms with Crippen molar-refractivity contribution in [2.75, 3.05) is 10.2 Å². The monoisotopic (exact) mass is 653 g/mol. The van der Waals surface area contributed by atoms with Crippen LogP contribution in [-0.2, 0) is 0 Å². The molecule has 0 spiro atoms. The van der Waals surface area contributed by atoms with E-state index in [1.54, 1.807) is 0 Å². The molecule has 3 heterocycles. The maximum Gasteiger partial charge on any atom is 0.143 e. The topological polar surface area (TPSA) is 33.3 Å². The van der Waals surface area contributed by atoms with Crippen molar-refractivity contribution in [3.8, 4) is 16.8 Å². The van der Waals surface area contributed by atoms with E-state index in [1.165, 1.54) is 49.6 Å². The Kier molecular flexibility index (Phi) is 5.98. The molecule has 10 aromatic rings. The molecule has 1 aliphatic rings. The molecular formula is C47H31N3O. The first-order valence-electron chi connectivity index (χ1n) is 17.5. The summed E-state index contributed by atoms with van der Waals surface area (Å²) >= 11 is 0. The van der Waals surface area contributed by atoms with Gasteiger partial charge in [0.1, 0.15) is 17.3 Å². The lowest BCUT2D eigenvalue weighted by molar-refractivity contribution is 0.672. The van der Waals surface area contributed by atoms with Crippen molar-refractivity contribution in [1.29, 1.82) is 0 Å². The SMILES string of the molecule is c1ccc(C2Nc3ccccc3N2c2ccc3c4ccc(-c5cc6c7ccccc7oc6c6ccccc56)cc4n(-c4ccccc4)c3c2)cc1. The van der Waals surface area contributed by atoms with Gasteiger partial charge in [-0.25, -0.2) is 0 Å². The van der Waals surface area contributed by atoms with E-state index in [9.17, 15) is 0 Å². The average molecular weight is 654 g/mol. The van der Waals surface area contributed by atoms with Crippen LogP contribution in [0.5, 0.6) is 0 Å². The predicted octanol–water partition coefficient (Wildman–Crippen LogP) is 12.8. The third kappa shape index (κ3) is 4.20. The van der Waals surface area contributed by atoms with Gasteiger partial charge in [0.25, 0.3) is 0 Å². The Morgan fingerprint density at radius 1 is 0.471 bits per heavy atom. The van der Waals surface area contributed by atoms with Crippen molar-refractivity contribution >= 4 is 71.6 Å². The Labute approximate surface area is 294 Å². The first-order valence-corrected chi connectivity index (χ1v) is 17.5. The third-order valence-electron chi connectivity index (χ3n) is 10.6. The van der Waals surface area contributed by atoms with Crippen LogP contribution < -0.4 is 10.2 Å². The minimum absolute atomic E-state index is 0.0237. The van der Waals surface area contributed by atoms with Crippen LogP contribution in [0, 0.1) is 0 Å². The van der Waals surface area contributed by atoms with Crippen molar-refractivity contribution in [3.63, 3.8) is 0 Å². The molecule has 0 saturated heterocycles. The average Bonchev–Trinajstić information content (AvgIpc) is 3.87. The molecule has 0 saturated carbocycles. The van der Waals surface area contributed by atoms with Crippen LogP contribution >= 0.6 is 0 Å². The smallest absolute Gasteiger partial charge is 0.143 e. The summed E-state index contributed by atoms with van der Waals surface area (Å²) in [5.41, 5.74) is 12.4. The summed E-state index contributed by atoms with van der Waals surface area (Å²) in [7, 11) is 0. The third-order valence-corrected chi connectivity index (χ3v) is 10.6. The number of hydrogen-bond acceptors (Lipinski definition) is 3. The Morgan fingerprint density at radius 2 is 1.14 bits per heavy atom. The maximum atomic E-state index is 6.44. The van der Waals surface area contributed by atoms with Crippen molar-refractivity contribution in [2.45, 2.75) is 6.17 Å². The van der Waals surface area contributed by atoms with Gasteiger partial charge in [-0.1, -0.05) is 121 Å². The number of rotatable bonds is 4. The largest absolute Gasteiger partial charge is 0.455 e. The Bertz CT molecular complexity index is 2960. The summed E-state index contributed by atoms with van der Waals surface area (Å²) in [5, 5.41) is 10.8. The summed E-state index contributed by atoms with van der Waals surface area (Å²) in [6.07, 6.45) is -0.0237. The van der Waals surface area contributed by atoms with Crippen LogP contribution in [0.15, 0.2) is 180 Å². The van der Waals surface area contributed by atoms with Gasteiger partial charge in [-0.05, 0) is 76.7 Å². The lowest BCUT2D eigenvalue weighted by Crippen LogP contribution is -2.23. The van der Waals surface area contributed by atoms with E-state index >= 15 is 0 Å². The van der Waals surface area contributed by atoms with Gasteiger partial charge < -0.3 is 19.2 Å². The molecule has 240 valence electrons. The van der Waals surface area contributed by atoms with Gasteiger partial charge in [0, 0.05) is 38.3 Å². The zero-order valence-corrected chi connectivity index (χ0v) is 27.6. The summed E-state index contributed by atoms with van der Waals surface area (Å²) in [6, 6.07) is 63.2. The molecule has 4 heteroatoms. The zero-order valence-electron chi connectivity index (χ0n) is 27.6. The molecule has 11 rings (SSSR count). The van der Waals surface area contributed by atoms with Crippen LogP contribution in [0.1, 0.15) is 11.7 Å². The maximum absolute atomic E-state index is 6.44. The second kappa shape index (κ2) is 10.9. The molecule has 4 nitrogen and oxygen atoms in total. The van der Waals surface area contributed by atoms with Gasteiger partial charge >= 0.3 is 0 Å². The van der Waals surface area contributed by atoms with E-state index in [-0.39, 0.29) is 6.17 Å². The number of anilines is 3. The van der Waals surface area contributed by atoms with E-state index in [0.717, 1.165) is 44.4 Å². The normalized spacial score (nSPS) is 14.2. The number of furan rings is 1. The lowest BCUT2D eigenvalue weighted by Gasteiger charge is -2.27. The molecule has 1 aliphatic heterocycles. The van der Waals surface area contributed by atoms with Crippen LogP contribution in [0.4, 0.5) is 17.1 Å². The number of para-hydroxylation sites is 4. The molecule has 0 bridgehead atoms. The number of benzene rings is 8. The lowest BCUT2D eigenvalue weighted by atomic mass is 9.94. The highest BCUT2D eigenvalue weighted by Crippen LogP contribution is 2.48. The minimum Gasteiger partial charge on any atom is -0.455 e. The second-order valence-corrected chi connectivity index (χ2v) is 13.4. The summed E-state index contributed by atoms with van der Waals surface area (Å²) in [5.74, 6) is 0. The summed E-state index contributed by atoms with van der Waals surface area (Å²) in [6.45, 7) is 0. The van der Waals surface area contributed by atoms with Gasteiger partial charge in [0.15, 0.2) is 0 Å².